The van der Waals surface area contributed by atoms with Crippen molar-refractivity contribution in [3.05, 3.63) is 36.2 Å². The van der Waals surface area contributed by atoms with Crippen molar-refractivity contribution < 1.29 is 4.79 Å². The fourth-order valence-electron chi connectivity index (χ4n) is 3.47. The lowest BCUT2D eigenvalue weighted by Crippen LogP contribution is -2.46. The Balaban J connectivity index is 0.00000113. The van der Waals surface area contributed by atoms with Crippen molar-refractivity contribution in [1.29, 1.82) is 0 Å². The van der Waals surface area contributed by atoms with Crippen LogP contribution in [0, 0.1) is 5.92 Å². The molecule has 0 bridgehead atoms. The zero-order valence-corrected chi connectivity index (χ0v) is 15.6. The number of piperidine rings is 1. The van der Waals surface area contributed by atoms with Crippen molar-refractivity contribution in [2.24, 2.45) is 5.92 Å². The minimum absolute atomic E-state index is 0. The quantitative estimate of drug-likeness (QED) is 0.862. The third kappa shape index (κ3) is 3.97. The van der Waals surface area contributed by atoms with E-state index in [9.17, 15) is 4.79 Å². The summed E-state index contributed by atoms with van der Waals surface area (Å²) in [5, 5.41) is 12.0. The van der Waals surface area contributed by atoms with Crippen LogP contribution in [-0.4, -0.2) is 45.2 Å². The van der Waals surface area contributed by atoms with E-state index in [-0.39, 0.29) is 36.6 Å². The fraction of sp³-hybridized carbons (Fsp3) is 0.471. The van der Waals surface area contributed by atoms with E-state index in [1.54, 1.807) is 0 Å². The summed E-state index contributed by atoms with van der Waals surface area (Å²) < 4.78 is 2.14. The maximum Gasteiger partial charge on any atom is 0.227 e. The second-order valence-corrected chi connectivity index (χ2v) is 6.26. The first kappa shape index (κ1) is 19.7. The van der Waals surface area contributed by atoms with E-state index in [0.717, 1.165) is 56.2 Å². The third-order valence-electron chi connectivity index (χ3n) is 4.74. The zero-order chi connectivity index (χ0) is 15.6. The van der Waals surface area contributed by atoms with Crippen molar-refractivity contribution >= 4 is 30.7 Å². The molecule has 0 radical (unpaired) electrons. The van der Waals surface area contributed by atoms with Crippen molar-refractivity contribution in [1.82, 2.24) is 25.0 Å². The molecule has 1 atom stereocenters. The van der Waals surface area contributed by atoms with Crippen molar-refractivity contribution in [3.63, 3.8) is 0 Å². The zero-order valence-electron chi connectivity index (χ0n) is 13.9. The molecule has 1 aromatic heterocycles. The van der Waals surface area contributed by atoms with E-state index in [1.807, 2.05) is 35.2 Å². The minimum atomic E-state index is 0. The first-order valence-corrected chi connectivity index (χ1v) is 8.30. The molecule has 1 aromatic carbocycles. The highest BCUT2D eigenvalue weighted by molar-refractivity contribution is 5.85. The number of fused-ring (bicyclic) bond motifs is 1. The molecule has 0 spiro atoms. The van der Waals surface area contributed by atoms with Gasteiger partial charge < -0.3 is 14.8 Å². The number of hydrogen-bond donors (Lipinski definition) is 1. The molecule has 6 nitrogen and oxygen atoms in total. The number of halogens is 2. The van der Waals surface area contributed by atoms with Crippen molar-refractivity contribution in [2.45, 2.75) is 25.9 Å². The summed E-state index contributed by atoms with van der Waals surface area (Å²) in [6, 6.07) is 10.1. The van der Waals surface area contributed by atoms with E-state index in [4.69, 9.17) is 0 Å². The normalized spacial score (nSPS) is 19.4. The maximum absolute atomic E-state index is 12.7. The van der Waals surface area contributed by atoms with Crippen LogP contribution < -0.4 is 5.32 Å². The summed E-state index contributed by atoms with van der Waals surface area (Å²) in [7, 11) is 0. The molecule has 25 heavy (non-hydrogen) atoms. The lowest BCUT2D eigenvalue weighted by Gasteiger charge is -2.32. The SMILES string of the molecule is Cl.Cl.O=C(C1CCCNC1)N1CCn2c(nnc2-c2ccccc2)C1. The van der Waals surface area contributed by atoms with Crippen LogP contribution in [-0.2, 0) is 17.9 Å². The molecule has 2 aromatic rings. The molecule has 136 valence electrons. The number of amides is 1. The average Bonchev–Trinajstić information content (AvgIpc) is 3.06. The standard InChI is InChI=1S/C17H21N5O.2ClH/c23-17(14-7-4-8-18-11-14)21-9-10-22-15(12-21)19-20-16(22)13-5-2-1-3-6-13;;/h1-3,5-6,14,18H,4,7-12H2;2*1H. The van der Waals surface area contributed by atoms with Gasteiger partial charge in [0.2, 0.25) is 5.91 Å². The minimum Gasteiger partial charge on any atom is -0.333 e. The van der Waals surface area contributed by atoms with Gasteiger partial charge in [-0.15, -0.1) is 35.0 Å². The Kier molecular flexibility index (Phi) is 6.81. The van der Waals surface area contributed by atoms with Gasteiger partial charge in [0, 0.05) is 25.2 Å². The predicted molar refractivity (Wildman–Crippen MR) is 101 cm³/mol. The van der Waals surface area contributed by atoms with Gasteiger partial charge in [-0.1, -0.05) is 30.3 Å². The van der Waals surface area contributed by atoms with Gasteiger partial charge >= 0.3 is 0 Å². The van der Waals surface area contributed by atoms with Gasteiger partial charge in [-0.05, 0) is 19.4 Å². The van der Waals surface area contributed by atoms with Gasteiger partial charge in [0.25, 0.3) is 0 Å². The van der Waals surface area contributed by atoms with Crippen LogP contribution in [0.25, 0.3) is 11.4 Å². The van der Waals surface area contributed by atoms with Crippen LogP contribution in [0.3, 0.4) is 0 Å². The van der Waals surface area contributed by atoms with E-state index in [0.29, 0.717) is 6.54 Å². The molecule has 1 fully saturated rings. The lowest BCUT2D eigenvalue weighted by molar-refractivity contribution is -0.137. The summed E-state index contributed by atoms with van der Waals surface area (Å²) >= 11 is 0. The Bertz CT molecular complexity index is 700. The molecule has 8 heteroatoms. The molecule has 0 saturated carbocycles. The molecule has 4 rings (SSSR count). The third-order valence-corrected chi connectivity index (χ3v) is 4.74. The number of aromatic nitrogens is 3. The first-order valence-electron chi connectivity index (χ1n) is 8.30. The van der Waals surface area contributed by atoms with Crippen LogP contribution in [0.15, 0.2) is 30.3 Å². The second kappa shape index (κ2) is 8.65. The highest BCUT2D eigenvalue weighted by atomic mass is 35.5. The van der Waals surface area contributed by atoms with Crippen molar-refractivity contribution in [2.75, 3.05) is 19.6 Å². The molecule has 1 amide bonds. The number of rotatable bonds is 2. The molecule has 1 N–H and O–H groups in total. The number of benzene rings is 1. The first-order chi connectivity index (χ1) is 11.3. The lowest BCUT2D eigenvalue weighted by atomic mass is 9.98. The topological polar surface area (TPSA) is 63.1 Å². The Morgan fingerprint density at radius 1 is 1.12 bits per heavy atom. The van der Waals surface area contributed by atoms with Gasteiger partial charge in [-0.2, -0.15) is 0 Å². The molecular formula is C17H23Cl2N5O. The summed E-state index contributed by atoms with van der Waals surface area (Å²) in [5.74, 6) is 2.15. The molecule has 1 saturated heterocycles. The fourth-order valence-corrected chi connectivity index (χ4v) is 3.47. The maximum atomic E-state index is 12.7. The monoisotopic (exact) mass is 383 g/mol. The number of hydrogen-bond acceptors (Lipinski definition) is 4. The molecule has 2 aliphatic rings. The number of nitrogens with zero attached hydrogens (tertiary/aromatic N) is 4. The highest BCUT2D eigenvalue weighted by Crippen LogP contribution is 2.23. The van der Waals surface area contributed by atoms with Crippen LogP contribution in [0.4, 0.5) is 0 Å². The average molecular weight is 384 g/mol. The molecular weight excluding hydrogens is 361 g/mol. The molecule has 2 aliphatic heterocycles. The Hall–Kier alpha value is -1.63. The number of nitrogens with one attached hydrogen (secondary N) is 1. The van der Waals surface area contributed by atoms with Crippen molar-refractivity contribution in [3.8, 4) is 11.4 Å². The van der Waals surface area contributed by atoms with Gasteiger partial charge in [0.05, 0.1) is 12.5 Å². The summed E-state index contributed by atoms with van der Waals surface area (Å²) in [6.45, 7) is 3.89. The Morgan fingerprint density at radius 2 is 1.92 bits per heavy atom. The number of carbonyl (C=O) groups excluding carboxylic acids is 1. The van der Waals surface area contributed by atoms with Crippen LogP contribution in [0.1, 0.15) is 18.7 Å². The Labute approximate surface area is 159 Å². The number of carbonyl (C=O) groups is 1. The van der Waals surface area contributed by atoms with Crippen LogP contribution >= 0.6 is 24.8 Å². The van der Waals surface area contributed by atoms with E-state index in [2.05, 4.69) is 20.1 Å². The van der Waals surface area contributed by atoms with Gasteiger partial charge in [-0.3, -0.25) is 4.79 Å². The van der Waals surface area contributed by atoms with E-state index < -0.39 is 0 Å². The molecule has 3 heterocycles. The second-order valence-electron chi connectivity index (χ2n) is 6.26. The molecule has 0 aliphatic carbocycles. The summed E-state index contributed by atoms with van der Waals surface area (Å²) in [5.41, 5.74) is 1.07. The highest BCUT2D eigenvalue weighted by Gasteiger charge is 2.30. The van der Waals surface area contributed by atoms with E-state index in [1.165, 1.54) is 0 Å². The largest absolute Gasteiger partial charge is 0.333 e. The van der Waals surface area contributed by atoms with Gasteiger partial charge in [-0.25, -0.2) is 0 Å². The van der Waals surface area contributed by atoms with Gasteiger partial charge in [0.1, 0.15) is 0 Å². The Morgan fingerprint density at radius 3 is 2.64 bits per heavy atom. The summed E-state index contributed by atoms with van der Waals surface area (Å²) in [4.78, 5) is 14.6. The van der Waals surface area contributed by atoms with Gasteiger partial charge in [0.15, 0.2) is 11.6 Å². The predicted octanol–water partition coefficient (Wildman–Crippen LogP) is 2.13. The van der Waals surface area contributed by atoms with Crippen LogP contribution in [0.5, 0.6) is 0 Å². The summed E-state index contributed by atoms with van der Waals surface area (Å²) in [6.07, 6.45) is 2.07. The smallest absolute Gasteiger partial charge is 0.227 e. The molecule has 1 unspecified atom stereocenters. The van der Waals surface area contributed by atoms with Crippen LogP contribution in [0.2, 0.25) is 0 Å². The van der Waals surface area contributed by atoms with E-state index >= 15 is 0 Å².